The zero-order chi connectivity index (χ0) is 14.0. The molecule has 0 bridgehead atoms. The fourth-order valence-corrected chi connectivity index (χ4v) is 2.17. The van der Waals surface area contributed by atoms with Crippen molar-refractivity contribution in [1.82, 2.24) is 9.97 Å². The summed E-state index contributed by atoms with van der Waals surface area (Å²) >= 11 is 0. The van der Waals surface area contributed by atoms with Crippen LogP contribution in [0.1, 0.15) is 13.3 Å². The average molecular weight is 268 g/mol. The van der Waals surface area contributed by atoms with Gasteiger partial charge < -0.3 is 10.0 Å². The maximum absolute atomic E-state index is 11.0. The highest BCUT2D eigenvalue weighted by atomic mass is 16.6. The first-order valence-corrected chi connectivity index (χ1v) is 5.94. The first-order valence-electron chi connectivity index (χ1n) is 5.94. The lowest BCUT2D eigenvalue weighted by Crippen LogP contribution is -2.26. The minimum atomic E-state index is -0.522. The van der Waals surface area contributed by atoms with Crippen LogP contribution in [-0.2, 0) is 0 Å². The molecular formula is C10H16N6O3. The maximum Gasteiger partial charge on any atom is 0.329 e. The topological polar surface area (TPSA) is 130 Å². The van der Waals surface area contributed by atoms with Gasteiger partial charge >= 0.3 is 5.69 Å². The molecule has 2 rings (SSSR count). The largest absolute Gasteiger partial charge is 0.393 e. The SMILES string of the molecule is CC(O)C1CCN(c2nc(NN)ncc2[N+](=O)[O-])C1. The number of anilines is 2. The Hall–Kier alpha value is -2.00. The molecule has 1 aromatic heterocycles. The van der Waals surface area contributed by atoms with Crippen LogP contribution in [0.2, 0.25) is 0 Å². The molecule has 9 heteroatoms. The van der Waals surface area contributed by atoms with Crippen molar-refractivity contribution in [1.29, 1.82) is 0 Å². The molecule has 0 amide bonds. The molecule has 0 spiro atoms. The van der Waals surface area contributed by atoms with Gasteiger partial charge in [-0.15, -0.1) is 0 Å². The number of hydrazine groups is 1. The Labute approximate surface area is 109 Å². The van der Waals surface area contributed by atoms with Gasteiger partial charge in [0.25, 0.3) is 0 Å². The highest BCUT2D eigenvalue weighted by Gasteiger charge is 2.31. The molecule has 2 unspecified atom stereocenters. The van der Waals surface area contributed by atoms with Crippen LogP contribution in [0.5, 0.6) is 0 Å². The maximum atomic E-state index is 11.0. The van der Waals surface area contributed by atoms with E-state index in [1.54, 1.807) is 11.8 Å². The predicted molar refractivity (Wildman–Crippen MR) is 68.5 cm³/mol. The van der Waals surface area contributed by atoms with E-state index in [4.69, 9.17) is 5.84 Å². The van der Waals surface area contributed by atoms with Crippen LogP contribution in [-0.4, -0.2) is 39.2 Å². The van der Waals surface area contributed by atoms with Gasteiger partial charge in [0, 0.05) is 19.0 Å². The summed E-state index contributed by atoms with van der Waals surface area (Å²) < 4.78 is 0. The Kier molecular flexibility index (Phi) is 3.76. The molecule has 4 N–H and O–H groups in total. The Morgan fingerprint density at radius 3 is 3.00 bits per heavy atom. The van der Waals surface area contributed by atoms with Crippen LogP contribution in [0.4, 0.5) is 17.5 Å². The number of hydrogen-bond acceptors (Lipinski definition) is 8. The highest BCUT2D eigenvalue weighted by Crippen LogP contribution is 2.31. The van der Waals surface area contributed by atoms with Crippen LogP contribution < -0.4 is 16.2 Å². The minimum absolute atomic E-state index is 0.0869. The summed E-state index contributed by atoms with van der Waals surface area (Å²) in [5.74, 6) is 5.66. The summed E-state index contributed by atoms with van der Waals surface area (Å²) in [6, 6.07) is 0. The number of aliphatic hydroxyl groups is 1. The van der Waals surface area contributed by atoms with Gasteiger partial charge in [0.1, 0.15) is 6.20 Å². The lowest BCUT2D eigenvalue weighted by atomic mass is 10.0. The zero-order valence-electron chi connectivity index (χ0n) is 10.5. The molecule has 1 aromatic rings. The van der Waals surface area contributed by atoms with Gasteiger partial charge in [0.15, 0.2) is 0 Å². The van der Waals surface area contributed by atoms with E-state index < -0.39 is 11.0 Å². The summed E-state index contributed by atoms with van der Waals surface area (Å²) in [6.45, 7) is 2.85. The third kappa shape index (κ3) is 2.71. The van der Waals surface area contributed by atoms with Crippen LogP contribution >= 0.6 is 0 Å². The fourth-order valence-electron chi connectivity index (χ4n) is 2.17. The van der Waals surface area contributed by atoms with Crippen molar-refractivity contribution in [2.45, 2.75) is 19.4 Å². The number of rotatable bonds is 4. The van der Waals surface area contributed by atoms with E-state index >= 15 is 0 Å². The van der Waals surface area contributed by atoms with Crippen LogP contribution in [0.25, 0.3) is 0 Å². The predicted octanol–water partition coefficient (Wildman–Crippen LogP) is -0.123. The van der Waals surface area contributed by atoms with Gasteiger partial charge in [0.2, 0.25) is 11.8 Å². The lowest BCUT2D eigenvalue weighted by molar-refractivity contribution is -0.384. The number of nitrogens with two attached hydrogens (primary N) is 1. The molecule has 19 heavy (non-hydrogen) atoms. The number of aromatic nitrogens is 2. The van der Waals surface area contributed by atoms with E-state index in [1.165, 1.54) is 0 Å². The minimum Gasteiger partial charge on any atom is -0.393 e. The van der Waals surface area contributed by atoms with Crippen molar-refractivity contribution in [3.05, 3.63) is 16.3 Å². The van der Waals surface area contributed by atoms with Gasteiger partial charge in [-0.05, 0) is 13.3 Å². The summed E-state index contributed by atoms with van der Waals surface area (Å²) in [6.07, 6.45) is 1.45. The monoisotopic (exact) mass is 268 g/mol. The van der Waals surface area contributed by atoms with Crippen molar-refractivity contribution < 1.29 is 10.0 Å². The third-order valence-electron chi connectivity index (χ3n) is 3.28. The second-order valence-corrected chi connectivity index (χ2v) is 4.54. The molecule has 1 aliphatic rings. The first-order chi connectivity index (χ1) is 9.02. The molecule has 1 fully saturated rings. The first kappa shape index (κ1) is 13.4. The lowest BCUT2D eigenvalue weighted by Gasteiger charge is -2.18. The van der Waals surface area contributed by atoms with E-state index in [-0.39, 0.29) is 23.4 Å². The summed E-state index contributed by atoms with van der Waals surface area (Å²) in [5, 5.41) is 20.6. The Morgan fingerprint density at radius 2 is 2.47 bits per heavy atom. The average Bonchev–Trinajstić information content (AvgIpc) is 2.87. The van der Waals surface area contributed by atoms with Gasteiger partial charge in [0.05, 0.1) is 11.0 Å². The summed E-state index contributed by atoms with van der Waals surface area (Å²) in [5.41, 5.74) is 2.11. The molecule has 2 heterocycles. The number of hydrogen-bond donors (Lipinski definition) is 3. The van der Waals surface area contributed by atoms with E-state index in [2.05, 4.69) is 15.4 Å². The third-order valence-corrected chi connectivity index (χ3v) is 3.28. The molecule has 0 aromatic carbocycles. The number of nitro groups is 1. The fraction of sp³-hybridized carbons (Fsp3) is 0.600. The zero-order valence-corrected chi connectivity index (χ0v) is 10.5. The second-order valence-electron chi connectivity index (χ2n) is 4.54. The van der Waals surface area contributed by atoms with Crippen molar-refractivity contribution in [2.24, 2.45) is 11.8 Å². The van der Waals surface area contributed by atoms with Gasteiger partial charge in [-0.3, -0.25) is 15.5 Å². The number of nitrogens with one attached hydrogen (secondary N) is 1. The van der Waals surface area contributed by atoms with Crippen molar-refractivity contribution in [2.75, 3.05) is 23.4 Å². The van der Waals surface area contributed by atoms with Crippen LogP contribution in [0.15, 0.2) is 6.20 Å². The Morgan fingerprint density at radius 1 is 1.74 bits per heavy atom. The molecule has 0 aliphatic carbocycles. The van der Waals surface area contributed by atoms with Gasteiger partial charge in [-0.1, -0.05) is 0 Å². The summed E-state index contributed by atoms with van der Waals surface area (Å²) in [4.78, 5) is 20.0. The highest BCUT2D eigenvalue weighted by molar-refractivity contribution is 5.59. The normalized spacial score (nSPS) is 20.4. The second kappa shape index (κ2) is 5.33. The Balaban J connectivity index is 2.30. The Bertz CT molecular complexity index is 480. The number of aliphatic hydroxyl groups excluding tert-OH is 1. The molecule has 9 nitrogen and oxygen atoms in total. The molecule has 0 saturated carbocycles. The van der Waals surface area contributed by atoms with Crippen molar-refractivity contribution in [3.63, 3.8) is 0 Å². The van der Waals surface area contributed by atoms with E-state index in [0.717, 1.165) is 12.6 Å². The molecule has 0 radical (unpaired) electrons. The van der Waals surface area contributed by atoms with E-state index in [9.17, 15) is 15.2 Å². The van der Waals surface area contributed by atoms with Gasteiger partial charge in [-0.25, -0.2) is 10.8 Å². The van der Waals surface area contributed by atoms with Crippen molar-refractivity contribution >= 4 is 17.5 Å². The standard InChI is InChI=1S/C10H16N6O3/c1-6(17)7-2-3-15(5-7)9-8(16(18)19)4-12-10(13-9)14-11/h4,6-7,17H,2-3,5,11H2,1H3,(H,12,13,14). The molecule has 104 valence electrons. The molecule has 1 saturated heterocycles. The van der Waals surface area contributed by atoms with Crippen LogP contribution in [0, 0.1) is 16.0 Å². The molecule has 2 atom stereocenters. The summed E-state index contributed by atoms with van der Waals surface area (Å²) in [7, 11) is 0. The van der Waals surface area contributed by atoms with Crippen molar-refractivity contribution in [3.8, 4) is 0 Å². The number of nitrogen functional groups attached to an aromatic ring is 1. The van der Waals surface area contributed by atoms with Gasteiger partial charge in [-0.2, -0.15) is 4.98 Å². The van der Waals surface area contributed by atoms with Crippen LogP contribution in [0.3, 0.4) is 0 Å². The van der Waals surface area contributed by atoms with E-state index in [0.29, 0.717) is 13.1 Å². The molecular weight excluding hydrogens is 252 g/mol. The smallest absolute Gasteiger partial charge is 0.329 e. The molecule has 1 aliphatic heterocycles. The quantitative estimate of drug-likeness (QED) is 0.391. The van der Waals surface area contributed by atoms with E-state index in [1.807, 2.05) is 0 Å². The number of nitrogens with zero attached hydrogens (tertiary/aromatic N) is 4.